The summed E-state index contributed by atoms with van der Waals surface area (Å²) in [7, 11) is 9.64. The van der Waals surface area contributed by atoms with Crippen molar-refractivity contribution in [2.75, 3.05) is 42.7 Å². The fraction of sp³-hybridized carbons (Fsp3) is 0.500. The first-order valence-corrected chi connectivity index (χ1v) is 10.2. The third kappa shape index (κ3) is 4.06. The van der Waals surface area contributed by atoms with Crippen LogP contribution in [0.3, 0.4) is 0 Å². The molecule has 0 amide bonds. The highest BCUT2D eigenvalue weighted by molar-refractivity contribution is 5.56. The highest BCUT2D eigenvalue weighted by atomic mass is 16.5. The summed E-state index contributed by atoms with van der Waals surface area (Å²) >= 11 is 0. The zero-order chi connectivity index (χ0) is 22.7. The number of benzene rings is 2. The molecule has 0 spiro atoms. The smallest absolute Gasteiger partial charge is 0.203 e. The first-order chi connectivity index (χ1) is 14.9. The molecule has 31 heavy (non-hydrogen) atoms. The zero-order valence-electron chi connectivity index (χ0n) is 19.5. The monoisotopic (exact) mass is 432 g/mol. The van der Waals surface area contributed by atoms with Crippen molar-refractivity contribution in [3.63, 3.8) is 0 Å². The van der Waals surface area contributed by atoms with Gasteiger partial charge in [-0.2, -0.15) is 0 Å². The lowest BCUT2D eigenvalue weighted by Crippen LogP contribution is -2.10. The predicted molar refractivity (Wildman–Crippen MR) is 117 cm³/mol. The van der Waals surface area contributed by atoms with Gasteiger partial charge >= 0.3 is 0 Å². The molecule has 170 valence electrons. The fourth-order valence-corrected chi connectivity index (χ4v) is 4.25. The lowest BCUT2D eigenvalue weighted by atomic mass is 9.85. The van der Waals surface area contributed by atoms with Gasteiger partial charge in [-0.1, -0.05) is 13.8 Å². The van der Waals surface area contributed by atoms with Crippen molar-refractivity contribution in [1.82, 2.24) is 0 Å². The van der Waals surface area contributed by atoms with Crippen LogP contribution in [-0.2, 0) is 4.74 Å². The highest BCUT2D eigenvalue weighted by Gasteiger charge is 2.41. The summed E-state index contributed by atoms with van der Waals surface area (Å²) < 4.78 is 39.6. The average Bonchev–Trinajstić information content (AvgIpc) is 3.11. The molecular weight excluding hydrogens is 400 g/mol. The van der Waals surface area contributed by atoms with Gasteiger partial charge in [0.25, 0.3) is 0 Å². The van der Waals surface area contributed by atoms with Crippen LogP contribution in [-0.4, -0.2) is 42.7 Å². The molecule has 4 atom stereocenters. The van der Waals surface area contributed by atoms with Crippen molar-refractivity contribution in [3.8, 4) is 34.5 Å². The van der Waals surface area contributed by atoms with E-state index in [0.717, 1.165) is 11.1 Å². The van der Waals surface area contributed by atoms with Gasteiger partial charge in [0.1, 0.15) is 0 Å². The Bertz CT molecular complexity index is 787. The molecule has 2 aromatic rings. The SMILES string of the molecule is COc1cc([C@H]2O[C@H](c3cc(OC)c(OC)c(OC)c3)[C@@H](C)[C@H]2C)cc(OC)c1OC. The standard InChI is InChI=1S/C24H32O7/c1-13-14(2)22(16-11-19(27-5)24(30-8)20(12-16)28-6)31-21(13)15-9-17(25-3)23(29-7)18(10-15)26-4/h9-14,21-22H,1-8H3/t13-,14+,21-,22-/m0/s1. The second-order valence-electron chi connectivity index (χ2n) is 7.61. The minimum Gasteiger partial charge on any atom is -0.493 e. The third-order valence-electron chi connectivity index (χ3n) is 6.11. The Balaban J connectivity index is 2.01. The maximum atomic E-state index is 6.60. The summed E-state index contributed by atoms with van der Waals surface area (Å²) in [6.07, 6.45) is -0.291. The van der Waals surface area contributed by atoms with Gasteiger partial charge in [-0.3, -0.25) is 0 Å². The Kier molecular flexibility index (Phi) is 7.05. The Morgan fingerprint density at radius 1 is 0.516 bits per heavy atom. The summed E-state index contributed by atoms with van der Waals surface area (Å²) in [5.74, 6) is 4.04. The second kappa shape index (κ2) is 9.56. The van der Waals surface area contributed by atoms with E-state index in [0.29, 0.717) is 34.5 Å². The average molecular weight is 433 g/mol. The number of rotatable bonds is 8. The van der Waals surface area contributed by atoms with Crippen molar-refractivity contribution in [3.05, 3.63) is 35.4 Å². The molecule has 1 heterocycles. The molecule has 1 fully saturated rings. The Labute approximate surface area is 184 Å². The van der Waals surface area contributed by atoms with Crippen LogP contribution < -0.4 is 28.4 Å². The maximum Gasteiger partial charge on any atom is 0.203 e. The Morgan fingerprint density at radius 2 is 0.806 bits per heavy atom. The fourth-order valence-electron chi connectivity index (χ4n) is 4.25. The summed E-state index contributed by atoms with van der Waals surface area (Å²) in [6, 6.07) is 7.80. The van der Waals surface area contributed by atoms with Crippen molar-refractivity contribution in [2.24, 2.45) is 11.8 Å². The van der Waals surface area contributed by atoms with E-state index in [1.165, 1.54) is 0 Å². The summed E-state index contributed by atoms with van der Waals surface area (Å²) in [5, 5.41) is 0. The van der Waals surface area contributed by atoms with E-state index in [1.54, 1.807) is 42.7 Å². The topological polar surface area (TPSA) is 64.6 Å². The van der Waals surface area contributed by atoms with Crippen molar-refractivity contribution >= 4 is 0 Å². The van der Waals surface area contributed by atoms with E-state index in [-0.39, 0.29) is 24.0 Å². The largest absolute Gasteiger partial charge is 0.493 e. The molecule has 1 aliphatic rings. The van der Waals surface area contributed by atoms with Crippen molar-refractivity contribution in [2.45, 2.75) is 26.1 Å². The Morgan fingerprint density at radius 3 is 1.03 bits per heavy atom. The molecule has 2 aromatic carbocycles. The van der Waals surface area contributed by atoms with E-state index in [2.05, 4.69) is 13.8 Å². The quantitative estimate of drug-likeness (QED) is 0.592. The lowest BCUT2D eigenvalue weighted by Gasteiger charge is -2.20. The van der Waals surface area contributed by atoms with E-state index < -0.39 is 0 Å². The van der Waals surface area contributed by atoms with Crippen LogP contribution in [0.25, 0.3) is 0 Å². The normalized spacial score (nSPS) is 22.7. The van der Waals surface area contributed by atoms with Gasteiger partial charge in [0.15, 0.2) is 23.0 Å². The molecule has 0 unspecified atom stereocenters. The molecule has 0 aliphatic carbocycles. The molecule has 1 saturated heterocycles. The Hall–Kier alpha value is -2.80. The van der Waals surface area contributed by atoms with Gasteiger partial charge in [0, 0.05) is 0 Å². The molecule has 0 aromatic heterocycles. The maximum absolute atomic E-state index is 6.60. The minimum absolute atomic E-state index is 0.146. The number of methoxy groups -OCH3 is 6. The van der Waals surface area contributed by atoms with Gasteiger partial charge < -0.3 is 33.2 Å². The molecule has 7 nitrogen and oxygen atoms in total. The van der Waals surface area contributed by atoms with Crippen LogP contribution in [0, 0.1) is 11.8 Å². The predicted octanol–water partition coefficient (Wildman–Crippen LogP) is 4.82. The molecule has 1 aliphatic heterocycles. The zero-order valence-corrected chi connectivity index (χ0v) is 19.5. The van der Waals surface area contributed by atoms with Crippen molar-refractivity contribution in [1.29, 1.82) is 0 Å². The molecular formula is C24H32O7. The van der Waals surface area contributed by atoms with Crippen LogP contribution in [0.2, 0.25) is 0 Å². The van der Waals surface area contributed by atoms with E-state index in [4.69, 9.17) is 33.2 Å². The minimum atomic E-state index is -0.146. The number of hydrogen-bond acceptors (Lipinski definition) is 7. The van der Waals surface area contributed by atoms with E-state index in [9.17, 15) is 0 Å². The van der Waals surface area contributed by atoms with E-state index in [1.807, 2.05) is 24.3 Å². The summed E-state index contributed by atoms with van der Waals surface area (Å²) in [6.45, 7) is 4.38. The number of ether oxygens (including phenoxy) is 7. The first-order valence-electron chi connectivity index (χ1n) is 10.2. The third-order valence-corrected chi connectivity index (χ3v) is 6.11. The van der Waals surface area contributed by atoms with Gasteiger partial charge in [0.05, 0.1) is 54.9 Å². The van der Waals surface area contributed by atoms with Gasteiger partial charge in [-0.05, 0) is 47.2 Å². The van der Waals surface area contributed by atoms with Crippen LogP contribution in [0.1, 0.15) is 37.2 Å². The molecule has 0 radical (unpaired) electrons. The highest BCUT2D eigenvalue weighted by Crippen LogP contribution is 2.53. The first kappa shape index (κ1) is 22.9. The van der Waals surface area contributed by atoms with Crippen LogP contribution >= 0.6 is 0 Å². The molecule has 0 saturated carbocycles. The van der Waals surface area contributed by atoms with Crippen LogP contribution in [0.5, 0.6) is 34.5 Å². The van der Waals surface area contributed by atoms with E-state index >= 15 is 0 Å². The molecule has 0 N–H and O–H groups in total. The molecule has 7 heteroatoms. The lowest BCUT2D eigenvalue weighted by molar-refractivity contribution is 0.0285. The number of hydrogen-bond donors (Lipinski definition) is 0. The van der Waals surface area contributed by atoms with Crippen LogP contribution in [0.15, 0.2) is 24.3 Å². The summed E-state index contributed by atoms with van der Waals surface area (Å²) in [4.78, 5) is 0. The summed E-state index contributed by atoms with van der Waals surface area (Å²) in [5.41, 5.74) is 1.95. The van der Waals surface area contributed by atoms with Gasteiger partial charge in [-0.15, -0.1) is 0 Å². The van der Waals surface area contributed by atoms with Gasteiger partial charge in [-0.25, -0.2) is 0 Å². The second-order valence-corrected chi connectivity index (χ2v) is 7.61. The molecule has 3 rings (SSSR count). The van der Waals surface area contributed by atoms with Crippen LogP contribution in [0.4, 0.5) is 0 Å². The van der Waals surface area contributed by atoms with Gasteiger partial charge in [0.2, 0.25) is 11.5 Å². The van der Waals surface area contributed by atoms with Crippen molar-refractivity contribution < 1.29 is 33.2 Å². The molecule has 0 bridgehead atoms.